The van der Waals surface area contributed by atoms with Crippen LogP contribution < -0.4 is 5.73 Å². The molecule has 1 rings (SSSR count). The maximum Gasteiger partial charge on any atom is 0.0180 e. The van der Waals surface area contributed by atoms with Crippen LogP contribution in [-0.2, 0) is 13.0 Å². The maximum atomic E-state index is 5.63. The summed E-state index contributed by atoms with van der Waals surface area (Å²) in [6.07, 6.45) is 1.13. The number of hydrogen-bond donors (Lipinski definition) is 1. The normalized spacial score (nSPS) is 9.85. The van der Waals surface area contributed by atoms with Crippen molar-refractivity contribution in [1.82, 2.24) is 0 Å². The van der Waals surface area contributed by atoms with Crippen molar-refractivity contribution < 1.29 is 0 Å². The standard InChI is InChI=1S/C11H17N.ClH/c1-9(2)7-10-5-3-4-6-11(10)8-12;/h3-6,9H,7-8,12H2,1-2H3;1H. The summed E-state index contributed by atoms with van der Waals surface area (Å²) in [5.41, 5.74) is 8.31. The Morgan fingerprint density at radius 1 is 1.15 bits per heavy atom. The maximum absolute atomic E-state index is 5.63. The van der Waals surface area contributed by atoms with Gasteiger partial charge < -0.3 is 5.73 Å². The Bertz CT molecular complexity index is 246. The van der Waals surface area contributed by atoms with Crippen LogP contribution in [0.4, 0.5) is 0 Å². The van der Waals surface area contributed by atoms with Crippen LogP contribution in [0, 0.1) is 5.92 Å². The SMILES string of the molecule is CC(C)Cc1ccccc1CN.Cl. The van der Waals surface area contributed by atoms with Crippen LogP contribution in [0.2, 0.25) is 0 Å². The highest BCUT2D eigenvalue weighted by atomic mass is 35.5. The molecule has 74 valence electrons. The Labute approximate surface area is 86.7 Å². The molecule has 0 unspecified atom stereocenters. The lowest BCUT2D eigenvalue weighted by Gasteiger charge is -2.09. The zero-order valence-corrected chi connectivity index (χ0v) is 9.10. The Hall–Kier alpha value is -0.530. The van der Waals surface area contributed by atoms with Crippen LogP contribution >= 0.6 is 12.4 Å². The van der Waals surface area contributed by atoms with E-state index in [1.165, 1.54) is 11.1 Å². The van der Waals surface area contributed by atoms with E-state index in [0.29, 0.717) is 12.5 Å². The van der Waals surface area contributed by atoms with Crippen molar-refractivity contribution in [2.45, 2.75) is 26.8 Å². The second-order valence-corrected chi connectivity index (χ2v) is 3.57. The van der Waals surface area contributed by atoms with Crippen LogP contribution in [0.25, 0.3) is 0 Å². The van der Waals surface area contributed by atoms with Crippen molar-refractivity contribution in [3.05, 3.63) is 35.4 Å². The van der Waals surface area contributed by atoms with E-state index in [2.05, 4.69) is 32.0 Å². The molecule has 0 fully saturated rings. The summed E-state index contributed by atoms with van der Waals surface area (Å²) in [5.74, 6) is 0.706. The second-order valence-electron chi connectivity index (χ2n) is 3.57. The Kier molecular flexibility index (Phi) is 5.76. The first-order valence-corrected chi connectivity index (χ1v) is 4.51. The molecule has 0 amide bonds. The van der Waals surface area contributed by atoms with Crippen LogP contribution in [0.5, 0.6) is 0 Å². The number of rotatable bonds is 3. The van der Waals surface area contributed by atoms with Crippen LogP contribution in [-0.4, -0.2) is 0 Å². The van der Waals surface area contributed by atoms with Gasteiger partial charge in [0.05, 0.1) is 0 Å². The minimum Gasteiger partial charge on any atom is -0.326 e. The van der Waals surface area contributed by atoms with Gasteiger partial charge in [-0.15, -0.1) is 12.4 Å². The van der Waals surface area contributed by atoms with Gasteiger partial charge in [-0.1, -0.05) is 38.1 Å². The fourth-order valence-electron chi connectivity index (χ4n) is 1.40. The summed E-state index contributed by atoms with van der Waals surface area (Å²) < 4.78 is 0. The molecule has 13 heavy (non-hydrogen) atoms. The molecule has 0 saturated carbocycles. The molecule has 1 nitrogen and oxygen atoms in total. The van der Waals surface area contributed by atoms with E-state index < -0.39 is 0 Å². The van der Waals surface area contributed by atoms with Crippen molar-refractivity contribution in [3.63, 3.8) is 0 Å². The molecule has 0 spiro atoms. The number of halogens is 1. The Morgan fingerprint density at radius 2 is 1.69 bits per heavy atom. The summed E-state index contributed by atoms with van der Waals surface area (Å²) >= 11 is 0. The minimum absolute atomic E-state index is 0. The van der Waals surface area contributed by atoms with Gasteiger partial charge in [-0.25, -0.2) is 0 Å². The van der Waals surface area contributed by atoms with E-state index >= 15 is 0 Å². The zero-order valence-electron chi connectivity index (χ0n) is 8.29. The summed E-state index contributed by atoms with van der Waals surface area (Å²) in [4.78, 5) is 0. The van der Waals surface area contributed by atoms with E-state index in [0.717, 1.165) is 6.42 Å². The smallest absolute Gasteiger partial charge is 0.0180 e. The van der Waals surface area contributed by atoms with E-state index in [1.54, 1.807) is 0 Å². The average molecular weight is 200 g/mol. The van der Waals surface area contributed by atoms with Gasteiger partial charge in [0.1, 0.15) is 0 Å². The van der Waals surface area contributed by atoms with E-state index in [9.17, 15) is 0 Å². The topological polar surface area (TPSA) is 26.0 Å². The quantitative estimate of drug-likeness (QED) is 0.796. The molecule has 2 N–H and O–H groups in total. The highest BCUT2D eigenvalue weighted by Gasteiger charge is 2.01. The average Bonchev–Trinajstić information content (AvgIpc) is 2.04. The Balaban J connectivity index is 0.00000144. The van der Waals surface area contributed by atoms with Crippen molar-refractivity contribution in [3.8, 4) is 0 Å². The van der Waals surface area contributed by atoms with Crippen molar-refractivity contribution >= 4 is 12.4 Å². The molecule has 0 aliphatic rings. The molecule has 0 aliphatic heterocycles. The summed E-state index contributed by atoms with van der Waals surface area (Å²) in [7, 11) is 0. The lowest BCUT2D eigenvalue weighted by molar-refractivity contribution is 0.642. The molecule has 0 aromatic heterocycles. The number of benzene rings is 1. The molecule has 2 heteroatoms. The molecule has 0 bridgehead atoms. The molecule has 0 atom stereocenters. The van der Waals surface area contributed by atoms with Gasteiger partial charge in [0, 0.05) is 6.54 Å². The zero-order chi connectivity index (χ0) is 8.97. The fraction of sp³-hybridized carbons (Fsp3) is 0.455. The predicted octanol–water partition coefficient (Wildman–Crippen LogP) is 2.77. The van der Waals surface area contributed by atoms with Crippen LogP contribution in [0.1, 0.15) is 25.0 Å². The van der Waals surface area contributed by atoms with E-state index in [-0.39, 0.29) is 12.4 Å². The third kappa shape index (κ3) is 3.79. The molecular formula is C11H18ClN. The van der Waals surface area contributed by atoms with Gasteiger partial charge in [-0.05, 0) is 23.5 Å². The van der Waals surface area contributed by atoms with Gasteiger partial charge in [-0.2, -0.15) is 0 Å². The fourth-order valence-corrected chi connectivity index (χ4v) is 1.40. The molecule has 0 aliphatic carbocycles. The third-order valence-corrected chi connectivity index (χ3v) is 1.97. The molecule has 0 radical (unpaired) electrons. The van der Waals surface area contributed by atoms with Crippen molar-refractivity contribution in [2.24, 2.45) is 11.7 Å². The lowest BCUT2D eigenvalue weighted by Crippen LogP contribution is -2.03. The number of nitrogens with two attached hydrogens (primary N) is 1. The number of hydrogen-bond acceptors (Lipinski definition) is 1. The summed E-state index contributed by atoms with van der Waals surface area (Å²) in [6, 6.07) is 8.41. The largest absolute Gasteiger partial charge is 0.326 e. The van der Waals surface area contributed by atoms with E-state index in [1.807, 2.05) is 6.07 Å². The predicted molar refractivity (Wildman–Crippen MR) is 60.1 cm³/mol. The lowest BCUT2D eigenvalue weighted by atomic mass is 9.98. The molecule has 1 aromatic rings. The Morgan fingerprint density at radius 3 is 2.15 bits per heavy atom. The molecule has 1 aromatic carbocycles. The highest BCUT2D eigenvalue weighted by molar-refractivity contribution is 5.85. The molecular weight excluding hydrogens is 182 g/mol. The van der Waals surface area contributed by atoms with Gasteiger partial charge in [0.15, 0.2) is 0 Å². The molecule has 0 saturated heterocycles. The first kappa shape index (κ1) is 12.5. The van der Waals surface area contributed by atoms with Gasteiger partial charge in [0.2, 0.25) is 0 Å². The van der Waals surface area contributed by atoms with E-state index in [4.69, 9.17) is 5.73 Å². The minimum atomic E-state index is 0. The first-order valence-electron chi connectivity index (χ1n) is 4.51. The van der Waals surface area contributed by atoms with Crippen LogP contribution in [0.3, 0.4) is 0 Å². The second kappa shape index (κ2) is 6.01. The molecule has 0 heterocycles. The monoisotopic (exact) mass is 199 g/mol. The summed E-state index contributed by atoms with van der Waals surface area (Å²) in [5, 5.41) is 0. The van der Waals surface area contributed by atoms with Gasteiger partial charge in [-0.3, -0.25) is 0 Å². The van der Waals surface area contributed by atoms with Crippen LogP contribution in [0.15, 0.2) is 24.3 Å². The van der Waals surface area contributed by atoms with Crippen molar-refractivity contribution in [2.75, 3.05) is 0 Å². The summed E-state index contributed by atoms with van der Waals surface area (Å²) in [6.45, 7) is 5.11. The van der Waals surface area contributed by atoms with Gasteiger partial charge in [0.25, 0.3) is 0 Å². The third-order valence-electron chi connectivity index (χ3n) is 1.97. The first-order chi connectivity index (χ1) is 5.74. The van der Waals surface area contributed by atoms with Gasteiger partial charge >= 0.3 is 0 Å². The highest BCUT2D eigenvalue weighted by Crippen LogP contribution is 2.12. The van der Waals surface area contributed by atoms with Crippen molar-refractivity contribution in [1.29, 1.82) is 0 Å².